The number of sulfone groups is 1. The monoisotopic (exact) mass is 463 g/mol. The number of carbonyl (C=O) groups is 1. The number of amides is 1. The summed E-state index contributed by atoms with van der Waals surface area (Å²) in [7, 11) is -3.13. The van der Waals surface area contributed by atoms with Crippen molar-refractivity contribution in [3.8, 4) is 11.4 Å². The SMILES string of the molecule is CCn1c(SCC(=O)NC2CS(=O)(=O)CC2N2CCCC2)nnc1-c1ccccc1C. The largest absolute Gasteiger partial charge is 0.350 e. The van der Waals surface area contributed by atoms with E-state index in [0.29, 0.717) is 11.7 Å². The topological polar surface area (TPSA) is 97.2 Å². The zero-order valence-electron chi connectivity index (χ0n) is 18.0. The highest BCUT2D eigenvalue weighted by atomic mass is 32.2. The Labute approximate surface area is 187 Å². The van der Waals surface area contributed by atoms with Crippen molar-refractivity contribution in [1.82, 2.24) is 25.0 Å². The number of rotatable bonds is 7. The Balaban J connectivity index is 1.41. The molecule has 31 heavy (non-hydrogen) atoms. The minimum absolute atomic E-state index is 0.0210. The first-order chi connectivity index (χ1) is 14.9. The van der Waals surface area contributed by atoms with Gasteiger partial charge < -0.3 is 9.88 Å². The maximum absolute atomic E-state index is 12.7. The second kappa shape index (κ2) is 9.30. The predicted molar refractivity (Wildman–Crippen MR) is 122 cm³/mol. The lowest BCUT2D eigenvalue weighted by atomic mass is 10.1. The van der Waals surface area contributed by atoms with Crippen molar-refractivity contribution in [1.29, 1.82) is 0 Å². The van der Waals surface area contributed by atoms with Gasteiger partial charge in [-0.25, -0.2) is 8.42 Å². The summed E-state index contributed by atoms with van der Waals surface area (Å²) in [5, 5.41) is 12.3. The Morgan fingerprint density at radius 3 is 2.65 bits per heavy atom. The molecule has 2 aromatic rings. The average molecular weight is 464 g/mol. The second-order valence-electron chi connectivity index (χ2n) is 8.22. The molecule has 0 aliphatic carbocycles. The number of nitrogens with one attached hydrogen (secondary N) is 1. The molecule has 1 aromatic carbocycles. The van der Waals surface area contributed by atoms with Crippen LogP contribution in [0.25, 0.3) is 11.4 Å². The van der Waals surface area contributed by atoms with E-state index in [0.717, 1.165) is 42.9 Å². The van der Waals surface area contributed by atoms with Gasteiger partial charge >= 0.3 is 0 Å². The summed E-state index contributed by atoms with van der Waals surface area (Å²) in [6, 6.07) is 7.56. The Hall–Kier alpha value is -1.91. The van der Waals surface area contributed by atoms with E-state index in [2.05, 4.69) is 20.4 Å². The van der Waals surface area contributed by atoms with Gasteiger partial charge in [-0.1, -0.05) is 36.0 Å². The van der Waals surface area contributed by atoms with E-state index in [-0.39, 0.29) is 35.2 Å². The maximum Gasteiger partial charge on any atom is 0.230 e. The Morgan fingerprint density at radius 1 is 1.19 bits per heavy atom. The molecule has 4 rings (SSSR count). The summed E-state index contributed by atoms with van der Waals surface area (Å²) in [6.07, 6.45) is 2.17. The lowest BCUT2D eigenvalue weighted by Crippen LogP contribution is -2.50. The van der Waals surface area contributed by atoms with Gasteiger partial charge in [0.2, 0.25) is 5.91 Å². The first-order valence-electron chi connectivity index (χ1n) is 10.7. The quantitative estimate of drug-likeness (QED) is 0.625. The zero-order chi connectivity index (χ0) is 22.0. The van der Waals surface area contributed by atoms with Crippen LogP contribution in [-0.2, 0) is 21.2 Å². The highest BCUT2D eigenvalue weighted by Gasteiger charge is 2.42. The van der Waals surface area contributed by atoms with Crippen LogP contribution in [0.15, 0.2) is 29.4 Å². The van der Waals surface area contributed by atoms with E-state index < -0.39 is 9.84 Å². The van der Waals surface area contributed by atoms with Gasteiger partial charge in [-0.3, -0.25) is 9.69 Å². The summed E-state index contributed by atoms with van der Waals surface area (Å²) in [5.41, 5.74) is 2.15. The van der Waals surface area contributed by atoms with Crippen molar-refractivity contribution in [3.63, 3.8) is 0 Å². The summed E-state index contributed by atoms with van der Waals surface area (Å²) in [6.45, 7) is 6.57. The van der Waals surface area contributed by atoms with Gasteiger partial charge in [0.15, 0.2) is 20.8 Å². The van der Waals surface area contributed by atoms with Crippen LogP contribution in [0.1, 0.15) is 25.3 Å². The molecule has 10 heteroatoms. The molecule has 2 aliphatic rings. The van der Waals surface area contributed by atoms with Gasteiger partial charge in [-0.15, -0.1) is 10.2 Å². The molecule has 168 valence electrons. The fourth-order valence-electron chi connectivity index (χ4n) is 4.48. The zero-order valence-corrected chi connectivity index (χ0v) is 19.6. The summed E-state index contributed by atoms with van der Waals surface area (Å²) in [5.74, 6) is 0.955. The third-order valence-corrected chi connectivity index (χ3v) is 8.71. The third kappa shape index (κ3) is 4.96. The Morgan fingerprint density at radius 2 is 1.94 bits per heavy atom. The van der Waals surface area contributed by atoms with Crippen molar-refractivity contribution < 1.29 is 13.2 Å². The van der Waals surface area contributed by atoms with Crippen molar-refractivity contribution in [3.05, 3.63) is 29.8 Å². The molecule has 0 saturated carbocycles. The number of carbonyl (C=O) groups excluding carboxylic acids is 1. The third-order valence-electron chi connectivity index (χ3n) is 6.03. The van der Waals surface area contributed by atoms with E-state index in [1.165, 1.54) is 11.8 Å². The van der Waals surface area contributed by atoms with Gasteiger partial charge in [0.1, 0.15) is 0 Å². The maximum atomic E-state index is 12.7. The number of benzene rings is 1. The first kappa shape index (κ1) is 22.3. The fraction of sp³-hybridized carbons (Fsp3) is 0.571. The Bertz CT molecular complexity index is 1050. The summed E-state index contributed by atoms with van der Waals surface area (Å²) >= 11 is 1.33. The van der Waals surface area contributed by atoms with E-state index in [4.69, 9.17) is 0 Å². The molecule has 2 fully saturated rings. The molecular weight excluding hydrogens is 434 g/mol. The van der Waals surface area contributed by atoms with Gasteiger partial charge in [0.05, 0.1) is 23.3 Å². The van der Waals surface area contributed by atoms with E-state index in [1.54, 1.807) is 0 Å². The van der Waals surface area contributed by atoms with Crippen molar-refractivity contribution >= 4 is 27.5 Å². The highest BCUT2D eigenvalue weighted by Crippen LogP contribution is 2.27. The molecule has 1 aromatic heterocycles. The van der Waals surface area contributed by atoms with Gasteiger partial charge in [0.25, 0.3) is 0 Å². The number of thioether (sulfide) groups is 1. The summed E-state index contributed by atoms with van der Waals surface area (Å²) in [4.78, 5) is 14.9. The Kier molecular flexibility index (Phi) is 6.68. The molecule has 0 spiro atoms. The number of aryl methyl sites for hydroxylation is 1. The standard InChI is InChI=1S/C21H29N5O3S2/c1-3-26-20(16-9-5-4-8-15(16)2)23-24-21(26)30-12-19(27)22-17-13-31(28,29)14-18(17)25-10-6-7-11-25/h4-5,8-9,17-18H,3,6-7,10-14H2,1-2H3,(H,22,27). The molecule has 2 atom stereocenters. The van der Waals surface area contributed by atoms with Crippen LogP contribution in [0.5, 0.6) is 0 Å². The predicted octanol–water partition coefficient (Wildman–Crippen LogP) is 1.74. The van der Waals surface area contributed by atoms with Crippen LogP contribution in [0.2, 0.25) is 0 Å². The number of aromatic nitrogens is 3. The first-order valence-corrected chi connectivity index (χ1v) is 13.5. The van der Waals surface area contributed by atoms with Crippen molar-refractivity contribution in [2.45, 2.75) is 50.5 Å². The second-order valence-corrected chi connectivity index (χ2v) is 11.3. The fourth-order valence-corrected chi connectivity index (χ4v) is 7.25. The van der Waals surface area contributed by atoms with Crippen LogP contribution in [0.3, 0.4) is 0 Å². The minimum atomic E-state index is -3.13. The van der Waals surface area contributed by atoms with Crippen LogP contribution < -0.4 is 5.32 Å². The average Bonchev–Trinajstić information content (AvgIpc) is 3.45. The lowest BCUT2D eigenvalue weighted by Gasteiger charge is -2.28. The molecule has 2 aliphatic heterocycles. The van der Waals surface area contributed by atoms with E-state index in [9.17, 15) is 13.2 Å². The van der Waals surface area contributed by atoms with Crippen molar-refractivity contribution in [2.75, 3.05) is 30.3 Å². The van der Waals surface area contributed by atoms with Crippen LogP contribution in [0.4, 0.5) is 0 Å². The van der Waals surface area contributed by atoms with Crippen LogP contribution >= 0.6 is 11.8 Å². The molecule has 2 saturated heterocycles. The van der Waals surface area contributed by atoms with Crippen LogP contribution in [0, 0.1) is 6.92 Å². The van der Waals surface area contributed by atoms with E-state index >= 15 is 0 Å². The number of hydrogen-bond donors (Lipinski definition) is 1. The molecule has 0 radical (unpaired) electrons. The normalized spacial score (nSPS) is 23.3. The molecule has 1 amide bonds. The summed E-state index contributed by atoms with van der Waals surface area (Å²) < 4.78 is 26.4. The molecular formula is C21H29N5O3S2. The molecule has 1 N–H and O–H groups in total. The van der Waals surface area contributed by atoms with Gasteiger partial charge in [0, 0.05) is 18.2 Å². The lowest BCUT2D eigenvalue weighted by molar-refractivity contribution is -0.119. The molecule has 3 heterocycles. The number of nitrogens with zero attached hydrogens (tertiary/aromatic N) is 4. The number of likely N-dealkylation sites (tertiary alicyclic amines) is 1. The highest BCUT2D eigenvalue weighted by molar-refractivity contribution is 7.99. The van der Waals surface area contributed by atoms with Crippen LogP contribution in [-0.4, -0.2) is 76.4 Å². The number of hydrogen-bond acceptors (Lipinski definition) is 7. The molecule has 2 unspecified atom stereocenters. The van der Waals surface area contributed by atoms with Gasteiger partial charge in [-0.05, 0) is 45.3 Å². The van der Waals surface area contributed by atoms with Crippen molar-refractivity contribution in [2.24, 2.45) is 0 Å². The molecule has 8 nitrogen and oxygen atoms in total. The van der Waals surface area contributed by atoms with Gasteiger partial charge in [-0.2, -0.15) is 0 Å². The molecule has 0 bridgehead atoms. The van der Waals surface area contributed by atoms with E-state index in [1.807, 2.05) is 42.7 Å². The minimum Gasteiger partial charge on any atom is -0.350 e. The smallest absolute Gasteiger partial charge is 0.230 e.